The molecule has 0 saturated carbocycles. The van der Waals surface area contributed by atoms with Crippen molar-refractivity contribution < 1.29 is 18.7 Å². The predicted molar refractivity (Wildman–Crippen MR) is 114 cm³/mol. The van der Waals surface area contributed by atoms with Gasteiger partial charge in [-0.3, -0.25) is 9.59 Å². The average molecular weight is 403 g/mol. The number of piperidine rings is 1. The lowest BCUT2D eigenvalue weighted by Crippen LogP contribution is -2.42. The molecule has 5 heteroatoms. The minimum atomic E-state index is -0.196. The maximum absolute atomic E-state index is 13.1. The monoisotopic (exact) mass is 403 g/mol. The van der Waals surface area contributed by atoms with Crippen molar-refractivity contribution in [2.24, 2.45) is 5.92 Å². The Balaban J connectivity index is 1.43. The predicted octanol–water partition coefficient (Wildman–Crippen LogP) is 4.83. The van der Waals surface area contributed by atoms with E-state index >= 15 is 0 Å². The number of rotatable bonds is 6. The molecule has 3 aromatic rings. The minimum absolute atomic E-state index is 0.0895. The maximum Gasteiger partial charge on any atom is 0.289 e. The highest BCUT2D eigenvalue weighted by Crippen LogP contribution is 2.25. The van der Waals surface area contributed by atoms with E-state index in [2.05, 4.69) is 0 Å². The molecule has 0 radical (unpaired) electrons. The lowest BCUT2D eigenvalue weighted by Gasteiger charge is -2.31. The first-order valence-corrected chi connectivity index (χ1v) is 10.2. The number of ketones is 1. The van der Waals surface area contributed by atoms with E-state index < -0.39 is 0 Å². The van der Waals surface area contributed by atoms with Gasteiger partial charge in [-0.1, -0.05) is 54.6 Å². The van der Waals surface area contributed by atoms with Crippen molar-refractivity contribution in [3.05, 3.63) is 83.8 Å². The smallest absolute Gasteiger partial charge is 0.289 e. The molecule has 1 aromatic heterocycles. The molecular formula is C25H25NO4. The Labute approximate surface area is 176 Å². The van der Waals surface area contributed by atoms with E-state index in [1.54, 1.807) is 24.1 Å². The summed E-state index contributed by atoms with van der Waals surface area (Å²) in [5.41, 5.74) is 2.89. The first-order valence-electron chi connectivity index (χ1n) is 10.2. The molecule has 1 aliphatic heterocycles. The van der Waals surface area contributed by atoms with E-state index in [1.165, 1.54) is 0 Å². The molecule has 1 atom stereocenters. The molecule has 30 heavy (non-hydrogen) atoms. The quantitative estimate of drug-likeness (QED) is 0.553. The second-order valence-corrected chi connectivity index (χ2v) is 7.60. The minimum Gasteiger partial charge on any atom is -0.453 e. The molecular weight excluding hydrogens is 378 g/mol. The first kappa shape index (κ1) is 20.1. The number of methoxy groups -OCH3 is 1. The van der Waals surface area contributed by atoms with Gasteiger partial charge in [-0.15, -0.1) is 0 Å². The van der Waals surface area contributed by atoms with Crippen molar-refractivity contribution in [1.29, 1.82) is 0 Å². The summed E-state index contributed by atoms with van der Waals surface area (Å²) in [5.74, 6) is 0.631. The van der Waals surface area contributed by atoms with E-state index in [1.807, 2.05) is 54.6 Å². The summed E-state index contributed by atoms with van der Waals surface area (Å²) in [7, 11) is 1.58. The van der Waals surface area contributed by atoms with Gasteiger partial charge in [-0.25, -0.2) is 0 Å². The van der Waals surface area contributed by atoms with E-state index in [4.69, 9.17) is 9.15 Å². The van der Waals surface area contributed by atoms with Crippen molar-refractivity contribution in [1.82, 2.24) is 4.90 Å². The third-order valence-electron chi connectivity index (χ3n) is 5.51. The second-order valence-electron chi connectivity index (χ2n) is 7.60. The van der Waals surface area contributed by atoms with Crippen LogP contribution < -0.4 is 0 Å². The normalized spacial score (nSPS) is 16.4. The van der Waals surface area contributed by atoms with Gasteiger partial charge in [0.15, 0.2) is 11.5 Å². The van der Waals surface area contributed by atoms with Crippen molar-refractivity contribution >= 4 is 11.7 Å². The standard InChI is InChI=1S/C25H25NO4/c1-29-17-22-13-14-23(30-22)25(28)26-15-5-8-21(16-26)24(27)20-11-9-19(10-12-20)18-6-3-2-4-7-18/h2-4,6-7,9-14,21H,5,8,15-17H2,1H3/t21-/m1/s1. The number of hydrogen-bond donors (Lipinski definition) is 0. The summed E-state index contributed by atoms with van der Waals surface area (Å²) < 4.78 is 10.6. The Bertz CT molecular complexity index is 1010. The molecule has 2 aromatic carbocycles. The Hall–Kier alpha value is -3.18. The van der Waals surface area contributed by atoms with Crippen LogP contribution in [0.2, 0.25) is 0 Å². The summed E-state index contributed by atoms with van der Waals surface area (Å²) in [6.07, 6.45) is 1.59. The molecule has 154 valence electrons. The molecule has 0 spiro atoms. The second kappa shape index (κ2) is 9.09. The molecule has 0 aliphatic carbocycles. The number of ether oxygens (including phenoxy) is 1. The molecule has 1 aliphatic rings. The Morgan fingerprint density at radius 1 is 1.00 bits per heavy atom. The highest BCUT2D eigenvalue weighted by atomic mass is 16.5. The topological polar surface area (TPSA) is 59.8 Å². The number of nitrogens with zero attached hydrogens (tertiary/aromatic N) is 1. The van der Waals surface area contributed by atoms with Gasteiger partial charge in [0.2, 0.25) is 0 Å². The highest BCUT2D eigenvalue weighted by molar-refractivity contribution is 5.99. The molecule has 0 bridgehead atoms. The summed E-state index contributed by atoms with van der Waals surface area (Å²) in [6, 6.07) is 21.2. The van der Waals surface area contributed by atoms with Crippen LogP contribution >= 0.6 is 0 Å². The third-order valence-corrected chi connectivity index (χ3v) is 5.51. The van der Waals surface area contributed by atoms with E-state index in [9.17, 15) is 9.59 Å². The van der Waals surface area contributed by atoms with Crippen LogP contribution in [0.1, 0.15) is 39.5 Å². The van der Waals surface area contributed by atoms with Gasteiger partial charge < -0.3 is 14.1 Å². The van der Waals surface area contributed by atoms with Crippen LogP contribution in [0.5, 0.6) is 0 Å². The zero-order valence-corrected chi connectivity index (χ0v) is 17.0. The van der Waals surface area contributed by atoms with E-state index in [-0.39, 0.29) is 17.6 Å². The number of likely N-dealkylation sites (tertiary alicyclic amines) is 1. The van der Waals surface area contributed by atoms with Gasteiger partial charge in [0.1, 0.15) is 12.4 Å². The fourth-order valence-corrected chi connectivity index (χ4v) is 3.94. The van der Waals surface area contributed by atoms with Gasteiger partial charge in [0.25, 0.3) is 5.91 Å². The molecule has 1 amide bonds. The number of hydrogen-bond acceptors (Lipinski definition) is 4. The van der Waals surface area contributed by atoms with Gasteiger partial charge in [0, 0.05) is 31.7 Å². The number of carbonyl (C=O) groups is 2. The molecule has 1 saturated heterocycles. The van der Waals surface area contributed by atoms with Crippen LogP contribution in [-0.4, -0.2) is 36.8 Å². The Morgan fingerprint density at radius 3 is 2.47 bits per heavy atom. The number of carbonyl (C=O) groups excluding carboxylic acids is 2. The zero-order valence-electron chi connectivity index (χ0n) is 17.0. The van der Waals surface area contributed by atoms with Crippen LogP contribution in [0.4, 0.5) is 0 Å². The van der Waals surface area contributed by atoms with Crippen LogP contribution in [-0.2, 0) is 11.3 Å². The van der Waals surface area contributed by atoms with Crippen molar-refractivity contribution in [2.75, 3.05) is 20.2 Å². The van der Waals surface area contributed by atoms with Crippen LogP contribution in [0.15, 0.2) is 71.1 Å². The van der Waals surface area contributed by atoms with Gasteiger partial charge >= 0.3 is 0 Å². The lowest BCUT2D eigenvalue weighted by molar-refractivity contribution is 0.0605. The average Bonchev–Trinajstić information content (AvgIpc) is 3.28. The third kappa shape index (κ3) is 4.36. The maximum atomic E-state index is 13.1. The highest BCUT2D eigenvalue weighted by Gasteiger charge is 2.30. The Morgan fingerprint density at radius 2 is 1.73 bits per heavy atom. The van der Waals surface area contributed by atoms with E-state index in [0.29, 0.717) is 36.8 Å². The summed E-state index contributed by atoms with van der Waals surface area (Å²) in [5, 5.41) is 0. The first-order chi connectivity index (χ1) is 14.7. The van der Waals surface area contributed by atoms with Gasteiger partial charge in [-0.05, 0) is 36.1 Å². The van der Waals surface area contributed by atoms with E-state index in [0.717, 1.165) is 24.0 Å². The zero-order chi connectivity index (χ0) is 20.9. The molecule has 5 nitrogen and oxygen atoms in total. The molecule has 0 unspecified atom stereocenters. The molecule has 2 heterocycles. The summed E-state index contributed by atoms with van der Waals surface area (Å²) in [6.45, 7) is 1.38. The fourth-order valence-electron chi connectivity index (χ4n) is 3.94. The molecule has 1 fully saturated rings. The van der Waals surface area contributed by atoms with Crippen LogP contribution in [0.25, 0.3) is 11.1 Å². The summed E-state index contributed by atoms with van der Waals surface area (Å²) in [4.78, 5) is 27.6. The van der Waals surface area contributed by atoms with Crippen molar-refractivity contribution in [3.8, 4) is 11.1 Å². The largest absolute Gasteiger partial charge is 0.453 e. The van der Waals surface area contributed by atoms with Crippen LogP contribution in [0, 0.1) is 5.92 Å². The SMILES string of the molecule is COCc1ccc(C(=O)N2CCC[C@@H](C(=O)c3ccc(-c4ccccc4)cc3)C2)o1. The Kier molecular flexibility index (Phi) is 6.10. The molecule has 0 N–H and O–H groups in total. The van der Waals surface area contributed by atoms with Gasteiger partial charge in [-0.2, -0.15) is 0 Å². The number of Topliss-reactive ketones (excluding diaryl/α,β-unsaturated/α-hetero) is 1. The lowest BCUT2D eigenvalue weighted by atomic mass is 9.89. The number of amides is 1. The molecule has 4 rings (SSSR count). The number of furan rings is 1. The van der Waals surface area contributed by atoms with Crippen LogP contribution in [0.3, 0.4) is 0 Å². The van der Waals surface area contributed by atoms with Gasteiger partial charge in [0.05, 0.1) is 0 Å². The number of benzene rings is 2. The van der Waals surface area contributed by atoms with Crippen molar-refractivity contribution in [2.45, 2.75) is 19.4 Å². The summed E-state index contributed by atoms with van der Waals surface area (Å²) >= 11 is 0. The van der Waals surface area contributed by atoms with Crippen molar-refractivity contribution in [3.63, 3.8) is 0 Å². The fraction of sp³-hybridized carbons (Fsp3) is 0.280.